The highest BCUT2D eigenvalue weighted by Crippen LogP contribution is 2.13. The molecule has 0 amide bonds. The van der Waals surface area contributed by atoms with Gasteiger partial charge in [-0.1, -0.05) is 267 Å². The van der Waals surface area contributed by atoms with Crippen LogP contribution in [0.15, 0.2) is 194 Å². The van der Waals surface area contributed by atoms with Gasteiger partial charge in [-0.15, -0.1) is 0 Å². The van der Waals surface area contributed by atoms with E-state index in [1.165, 1.54) is 19.3 Å². The minimum absolute atomic E-state index is 0.130. The first-order chi connectivity index (χ1) is 40.0. The van der Waals surface area contributed by atoms with E-state index in [0.717, 1.165) is 173 Å². The van der Waals surface area contributed by atoms with Crippen LogP contribution in [0, 0.1) is 0 Å². The third-order valence-electron chi connectivity index (χ3n) is 12.6. The lowest BCUT2D eigenvalue weighted by molar-refractivity contribution is -0.166. The van der Waals surface area contributed by atoms with Gasteiger partial charge in [-0.2, -0.15) is 0 Å². The van der Waals surface area contributed by atoms with Gasteiger partial charge >= 0.3 is 17.9 Å². The Hall–Kier alpha value is -5.75. The summed E-state index contributed by atoms with van der Waals surface area (Å²) in [6, 6.07) is 0. The molecule has 0 N–H and O–H groups in total. The molecule has 0 aromatic rings. The molecule has 6 heteroatoms. The van der Waals surface area contributed by atoms with Gasteiger partial charge in [0.15, 0.2) is 6.10 Å². The van der Waals surface area contributed by atoms with Gasteiger partial charge in [0.2, 0.25) is 0 Å². The molecule has 0 fully saturated rings. The van der Waals surface area contributed by atoms with Gasteiger partial charge in [0, 0.05) is 19.3 Å². The van der Waals surface area contributed by atoms with Crippen molar-refractivity contribution < 1.29 is 28.6 Å². The van der Waals surface area contributed by atoms with Crippen LogP contribution in [0.4, 0.5) is 0 Å². The summed E-state index contributed by atoms with van der Waals surface area (Å²) in [5.41, 5.74) is 0. The Labute approximate surface area is 497 Å². The van der Waals surface area contributed by atoms with Gasteiger partial charge in [0.25, 0.3) is 0 Å². The van der Waals surface area contributed by atoms with Crippen molar-refractivity contribution >= 4 is 17.9 Å². The predicted octanol–water partition coefficient (Wildman–Crippen LogP) is 22.2. The van der Waals surface area contributed by atoms with Crippen LogP contribution in [-0.4, -0.2) is 37.2 Å². The Morgan fingerprint density at radius 1 is 0.259 bits per heavy atom. The van der Waals surface area contributed by atoms with E-state index in [1.54, 1.807) is 0 Å². The fraction of sp³-hybridized carbons (Fsp3) is 0.533. The number of unbranched alkanes of at least 4 members (excludes halogenated alkanes) is 12. The molecule has 0 aliphatic rings. The predicted molar refractivity (Wildman–Crippen MR) is 352 cm³/mol. The summed E-state index contributed by atoms with van der Waals surface area (Å²) in [6.45, 7) is 6.24. The Bertz CT molecular complexity index is 1950. The van der Waals surface area contributed by atoms with Gasteiger partial charge in [0.1, 0.15) is 13.2 Å². The van der Waals surface area contributed by atoms with Crippen LogP contribution in [0.5, 0.6) is 0 Å². The molecule has 0 rings (SSSR count). The fourth-order valence-corrected chi connectivity index (χ4v) is 7.87. The monoisotopic (exact) mass is 1110 g/mol. The van der Waals surface area contributed by atoms with Crippen LogP contribution in [0.25, 0.3) is 0 Å². The Balaban J connectivity index is 4.47. The first-order valence-corrected chi connectivity index (χ1v) is 31.9. The van der Waals surface area contributed by atoms with Crippen molar-refractivity contribution in [3.8, 4) is 0 Å². The van der Waals surface area contributed by atoms with E-state index in [4.69, 9.17) is 14.2 Å². The summed E-state index contributed by atoms with van der Waals surface area (Å²) in [6.07, 6.45) is 102. The lowest BCUT2D eigenvalue weighted by Crippen LogP contribution is -2.30. The van der Waals surface area contributed by atoms with Gasteiger partial charge in [-0.05, 0) is 148 Å². The maximum Gasteiger partial charge on any atom is 0.306 e. The number of allylic oxidation sites excluding steroid dienone is 32. The van der Waals surface area contributed by atoms with Crippen molar-refractivity contribution in [2.75, 3.05) is 13.2 Å². The van der Waals surface area contributed by atoms with Crippen molar-refractivity contribution in [1.82, 2.24) is 0 Å². The fourth-order valence-electron chi connectivity index (χ4n) is 7.87. The minimum Gasteiger partial charge on any atom is -0.462 e. The number of carbonyl (C=O) groups excluding carboxylic acids is 3. The van der Waals surface area contributed by atoms with Crippen molar-refractivity contribution in [3.63, 3.8) is 0 Å². The van der Waals surface area contributed by atoms with E-state index < -0.39 is 12.1 Å². The van der Waals surface area contributed by atoms with Crippen LogP contribution in [0.2, 0.25) is 0 Å². The molecule has 0 spiro atoms. The zero-order valence-electron chi connectivity index (χ0n) is 51.5. The summed E-state index contributed by atoms with van der Waals surface area (Å²) in [5, 5.41) is 0. The number of esters is 3. The van der Waals surface area contributed by atoms with E-state index in [9.17, 15) is 14.4 Å². The molecule has 0 aromatic heterocycles. The van der Waals surface area contributed by atoms with Crippen LogP contribution in [0.1, 0.15) is 239 Å². The SMILES string of the molecule is CC/C=C\C/C=C\C/C=C\C/C=C\C/C=C\C/C=C\C/C=C\C/C=C\CCCCCCCCC(=O)OCC(COC(=O)CCCCCCC/C=C\C/C=C\CCC)OC(=O)CC/C=C\C/C=C\C/C=C\C/C=C\C/C=C\C/C=C\CC. The Morgan fingerprint density at radius 3 is 0.802 bits per heavy atom. The summed E-state index contributed by atoms with van der Waals surface area (Å²) < 4.78 is 16.8. The zero-order valence-corrected chi connectivity index (χ0v) is 51.5. The van der Waals surface area contributed by atoms with E-state index >= 15 is 0 Å². The second-order valence-corrected chi connectivity index (χ2v) is 20.2. The maximum atomic E-state index is 12.9. The van der Waals surface area contributed by atoms with Gasteiger partial charge in [-0.25, -0.2) is 0 Å². The lowest BCUT2D eigenvalue weighted by Gasteiger charge is -2.18. The van der Waals surface area contributed by atoms with Crippen molar-refractivity contribution in [3.05, 3.63) is 194 Å². The zero-order chi connectivity index (χ0) is 58.5. The molecule has 0 aliphatic heterocycles. The highest BCUT2D eigenvalue weighted by Gasteiger charge is 2.19. The van der Waals surface area contributed by atoms with Crippen molar-refractivity contribution in [1.29, 1.82) is 0 Å². The Morgan fingerprint density at radius 2 is 0.506 bits per heavy atom. The van der Waals surface area contributed by atoms with E-state index in [-0.39, 0.29) is 31.6 Å². The number of carbonyl (C=O) groups is 3. The third-order valence-corrected chi connectivity index (χ3v) is 12.6. The topological polar surface area (TPSA) is 78.9 Å². The molecule has 0 saturated carbocycles. The molecule has 0 aromatic carbocycles. The minimum atomic E-state index is -0.843. The molecule has 0 aliphatic carbocycles. The Kier molecular flexibility index (Phi) is 62.0. The molecule has 1 unspecified atom stereocenters. The number of rotatable bonds is 55. The normalized spacial score (nSPS) is 13.5. The summed E-state index contributed by atoms with van der Waals surface area (Å²) >= 11 is 0. The van der Waals surface area contributed by atoms with Crippen LogP contribution in [0.3, 0.4) is 0 Å². The molecular formula is C75H114O6. The van der Waals surface area contributed by atoms with Crippen LogP contribution < -0.4 is 0 Å². The van der Waals surface area contributed by atoms with Crippen LogP contribution in [-0.2, 0) is 28.6 Å². The quantitative estimate of drug-likeness (QED) is 0.0261. The molecule has 1 atom stereocenters. The van der Waals surface area contributed by atoms with Crippen LogP contribution >= 0.6 is 0 Å². The number of ether oxygens (including phenoxy) is 3. The van der Waals surface area contributed by atoms with Gasteiger partial charge in [0.05, 0.1) is 0 Å². The smallest absolute Gasteiger partial charge is 0.306 e. The molecule has 6 nitrogen and oxygen atoms in total. The highest BCUT2D eigenvalue weighted by atomic mass is 16.6. The summed E-state index contributed by atoms with van der Waals surface area (Å²) in [7, 11) is 0. The molecule has 0 radical (unpaired) electrons. The van der Waals surface area contributed by atoms with E-state index in [0.29, 0.717) is 19.3 Å². The highest BCUT2D eigenvalue weighted by molar-refractivity contribution is 5.71. The van der Waals surface area contributed by atoms with E-state index in [1.807, 2.05) is 12.2 Å². The average molecular weight is 1110 g/mol. The third kappa shape index (κ3) is 64.9. The number of hydrogen-bond donors (Lipinski definition) is 0. The molecule has 0 bridgehead atoms. The van der Waals surface area contributed by atoms with Crippen molar-refractivity contribution in [2.24, 2.45) is 0 Å². The van der Waals surface area contributed by atoms with Gasteiger partial charge in [-0.3, -0.25) is 14.4 Å². The first-order valence-electron chi connectivity index (χ1n) is 31.9. The maximum absolute atomic E-state index is 12.9. The van der Waals surface area contributed by atoms with Crippen molar-refractivity contribution in [2.45, 2.75) is 245 Å². The summed E-state index contributed by atoms with van der Waals surface area (Å²) in [5.74, 6) is -1.05. The largest absolute Gasteiger partial charge is 0.462 e. The number of hydrogen-bond acceptors (Lipinski definition) is 6. The molecule has 0 heterocycles. The second kappa shape index (κ2) is 66.8. The average Bonchev–Trinajstić information content (AvgIpc) is 3.46. The van der Waals surface area contributed by atoms with E-state index in [2.05, 4.69) is 203 Å². The molecule has 81 heavy (non-hydrogen) atoms. The lowest BCUT2D eigenvalue weighted by atomic mass is 10.1. The van der Waals surface area contributed by atoms with Gasteiger partial charge < -0.3 is 14.2 Å². The first kappa shape index (κ1) is 75.2. The summed E-state index contributed by atoms with van der Waals surface area (Å²) in [4.78, 5) is 38.2. The molecule has 450 valence electrons. The second-order valence-electron chi connectivity index (χ2n) is 20.2. The molecule has 0 saturated heterocycles. The molecular weight excluding hydrogens is 997 g/mol. The standard InChI is InChI=1S/C75H114O6/c1-4-7-10-13-16-19-22-25-27-29-31-32-33-34-35-36-37-38-39-40-41-42-44-45-47-50-53-56-59-62-65-68-74(77)80-71-72(70-79-73(76)67-64-61-58-55-52-49-24-21-18-15-12-9-6-3)81-75(78)69-66-63-60-57-54-51-48-46-43-30-28-26-23-20-17-14-11-8-5-2/h7-8,10-12,15-17,19-21,24-28,31-32,34-35,37-38,40-41,43-46,51,54,60,63,72H,4-6,9,13-14,18,22-23,29-30,33,36,39,42,47-50,52-53,55-59,61-62,64-71H2,1-3H3/b10-7-,11-8-,15-12-,19-16-,20-17-,24-21-,27-25-,28-26-,32-31-,35-34-,38-37-,41-40-,45-44-,46-43-,54-51-,63-60-.